The number of nitrogens with zero attached hydrogens (tertiary/aromatic N) is 5. The molecular formula is C26H35N7O7S. The number of urea groups is 1. The van der Waals surface area contributed by atoms with E-state index in [1.54, 1.807) is 46.0 Å². The number of aryl methyl sites for hydroxylation is 3. The highest BCUT2D eigenvalue weighted by Gasteiger charge is 2.36. The van der Waals surface area contributed by atoms with Crippen molar-refractivity contribution in [3.05, 3.63) is 47.7 Å². The van der Waals surface area contributed by atoms with Crippen LogP contribution >= 0.6 is 0 Å². The zero-order chi connectivity index (χ0) is 30.1. The van der Waals surface area contributed by atoms with Gasteiger partial charge < -0.3 is 34.5 Å². The van der Waals surface area contributed by atoms with Gasteiger partial charge in [-0.2, -0.15) is 4.31 Å². The molecule has 1 aromatic carbocycles. The molecule has 0 spiro atoms. The Kier molecular flexibility index (Phi) is 8.70. The van der Waals surface area contributed by atoms with Gasteiger partial charge in [-0.3, -0.25) is 4.79 Å². The van der Waals surface area contributed by atoms with Gasteiger partial charge in [0.25, 0.3) is 15.9 Å². The Morgan fingerprint density at radius 1 is 1.29 bits per heavy atom. The molecule has 1 aliphatic rings. The summed E-state index contributed by atoms with van der Waals surface area (Å²) in [7, 11) is -0.840. The first-order valence-corrected chi connectivity index (χ1v) is 14.4. The predicted octanol–water partition coefficient (Wildman–Crippen LogP) is 2.21. The third-order valence-electron chi connectivity index (χ3n) is 7.00. The Morgan fingerprint density at radius 3 is 2.63 bits per heavy atom. The summed E-state index contributed by atoms with van der Waals surface area (Å²) in [5.74, 6) is -0.253. The van der Waals surface area contributed by atoms with Gasteiger partial charge in [-0.15, -0.1) is 0 Å². The van der Waals surface area contributed by atoms with Crippen LogP contribution in [0, 0.1) is 19.8 Å². The standard InChI is InChI=1S/C26H35N7O7S/c1-15-10-33(16(2)13-34)25(35)19-8-7-9-20(28-26(36)29-23-17(3)30-40-18(23)4)24(19)39-21(15)11-32(6)41(37,38)22-12-31(5)14-27-22/h7-9,12,14-16,21,34H,10-11,13H2,1-6H3,(H2,28,29,36)/t15-,16+,21-/m0/s1. The molecule has 3 N–H and O–H groups in total. The number of fused-ring (bicyclic) bond motifs is 1. The fourth-order valence-electron chi connectivity index (χ4n) is 4.52. The van der Waals surface area contributed by atoms with Crippen molar-refractivity contribution in [3.8, 4) is 5.75 Å². The van der Waals surface area contributed by atoms with E-state index in [2.05, 4.69) is 20.8 Å². The Hall–Kier alpha value is -3.95. The first-order valence-electron chi connectivity index (χ1n) is 13.0. The average Bonchev–Trinajstić information content (AvgIpc) is 3.51. The van der Waals surface area contributed by atoms with E-state index in [1.165, 1.54) is 29.0 Å². The fourth-order valence-corrected chi connectivity index (χ4v) is 5.66. The molecule has 0 bridgehead atoms. The molecule has 222 valence electrons. The van der Waals surface area contributed by atoms with Crippen molar-refractivity contribution in [1.29, 1.82) is 0 Å². The van der Waals surface area contributed by atoms with Crippen LogP contribution in [0.4, 0.5) is 16.2 Å². The molecule has 14 nitrogen and oxygen atoms in total. The van der Waals surface area contributed by atoms with Crippen LogP contribution < -0.4 is 15.4 Å². The first-order chi connectivity index (χ1) is 19.3. The molecule has 15 heteroatoms. The molecule has 0 fully saturated rings. The zero-order valence-electron chi connectivity index (χ0n) is 23.8. The van der Waals surface area contributed by atoms with Crippen LogP contribution in [-0.4, -0.2) is 88.3 Å². The third-order valence-corrected chi connectivity index (χ3v) is 8.71. The highest BCUT2D eigenvalue weighted by Crippen LogP contribution is 2.35. The molecule has 3 amide bonds. The summed E-state index contributed by atoms with van der Waals surface area (Å²) in [4.78, 5) is 32.1. The summed E-state index contributed by atoms with van der Waals surface area (Å²) >= 11 is 0. The van der Waals surface area contributed by atoms with Crippen molar-refractivity contribution >= 4 is 33.3 Å². The monoisotopic (exact) mass is 589 g/mol. The number of benzene rings is 1. The van der Waals surface area contributed by atoms with Gasteiger partial charge in [-0.1, -0.05) is 18.1 Å². The largest absolute Gasteiger partial charge is 0.486 e. The molecule has 3 atom stereocenters. The second-order valence-electron chi connectivity index (χ2n) is 10.2. The molecule has 4 rings (SSSR count). The van der Waals surface area contributed by atoms with Crippen LogP contribution in [0.25, 0.3) is 0 Å². The number of nitrogens with one attached hydrogen (secondary N) is 2. The van der Waals surface area contributed by atoms with E-state index in [4.69, 9.17) is 9.26 Å². The fraction of sp³-hybridized carbons (Fsp3) is 0.462. The smallest absolute Gasteiger partial charge is 0.323 e. The van der Waals surface area contributed by atoms with Crippen molar-refractivity contribution in [2.75, 3.05) is 37.4 Å². The van der Waals surface area contributed by atoms with E-state index in [9.17, 15) is 23.1 Å². The van der Waals surface area contributed by atoms with E-state index in [1.807, 2.05) is 6.92 Å². The minimum atomic E-state index is -3.94. The number of imidazole rings is 1. The van der Waals surface area contributed by atoms with Crippen LogP contribution in [0.2, 0.25) is 0 Å². The lowest BCUT2D eigenvalue weighted by atomic mass is 9.99. The number of anilines is 2. The average molecular weight is 590 g/mol. The van der Waals surface area contributed by atoms with Crippen LogP contribution in [0.5, 0.6) is 5.75 Å². The highest BCUT2D eigenvalue weighted by atomic mass is 32.2. The number of carbonyl (C=O) groups is 2. The number of amides is 3. The van der Waals surface area contributed by atoms with Gasteiger partial charge in [-0.25, -0.2) is 18.2 Å². The summed E-state index contributed by atoms with van der Waals surface area (Å²) in [6.45, 7) is 6.75. The number of hydrogen-bond acceptors (Lipinski definition) is 9. The summed E-state index contributed by atoms with van der Waals surface area (Å²) in [6, 6.07) is 3.60. The summed E-state index contributed by atoms with van der Waals surface area (Å²) < 4.78 is 40.6. The second-order valence-corrected chi connectivity index (χ2v) is 12.2. The van der Waals surface area contributed by atoms with Crippen molar-refractivity contribution in [2.45, 2.75) is 44.9 Å². The lowest BCUT2D eigenvalue weighted by molar-refractivity contribution is 0.0389. The maximum Gasteiger partial charge on any atom is 0.323 e. The number of rotatable bonds is 8. The molecule has 0 radical (unpaired) electrons. The number of aromatic nitrogens is 3. The number of hydrogen-bond donors (Lipinski definition) is 3. The Labute approximate surface area is 238 Å². The van der Waals surface area contributed by atoms with E-state index in [0.717, 1.165) is 4.31 Å². The first kappa shape index (κ1) is 30.0. The number of sulfonamides is 1. The Morgan fingerprint density at radius 2 is 2.02 bits per heavy atom. The molecule has 0 unspecified atom stereocenters. The molecule has 41 heavy (non-hydrogen) atoms. The van der Waals surface area contributed by atoms with Crippen LogP contribution in [-0.2, 0) is 17.1 Å². The second kappa shape index (κ2) is 11.9. The van der Waals surface area contributed by atoms with Gasteiger partial charge in [0.1, 0.15) is 17.5 Å². The van der Waals surface area contributed by atoms with Gasteiger partial charge in [0, 0.05) is 32.8 Å². The van der Waals surface area contributed by atoms with E-state index < -0.39 is 34.1 Å². The maximum atomic E-state index is 13.7. The van der Waals surface area contributed by atoms with Crippen LogP contribution in [0.1, 0.15) is 35.7 Å². The van der Waals surface area contributed by atoms with Gasteiger partial charge >= 0.3 is 6.03 Å². The minimum absolute atomic E-state index is 0.0747. The van der Waals surface area contributed by atoms with Gasteiger partial charge in [0.05, 0.1) is 36.8 Å². The number of carbonyl (C=O) groups excluding carboxylic acids is 2. The van der Waals surface area contributed by atoms with Crippen LogP contribution in [0.3, 0.4) is 0 Å². The topological polar surface area (TPSA) is 172 Å². The van der Waals surface area contributed by atoms with Gasteiger partial charge in [0.15, 0.2) is 16.5 Å². The van der Waals surface area contributed by atoms with E-state index in [-0.39, 0.29) is 47.6 Å². The van der Waals surface area contributed by atoms with Crippen molar-refractivity contribution < 1.29 is 32.4 Å². The number of ether oxygens (including phenoxy) is 1. The molecule has 3 aromatic rings. The lowest BCUT2D eigenvalue weighted by Crippen LogP contribution is -2.50. The molecular weight excluding hydrogens is 554 g/mol. The highest BCUT2D eigenvalue weighted by molar-refractivity contribution is 7.89. The molecule has 2 aromatic heterocycles. The number of para-hydroxylation sites is 1. The number of likely N-dealkylation sites (N-methyl/N-ethyl adjacent to an activating group) is 1. The molecule has 1 aliphatic heterocycles. The number of aliphatic hydroxyl groups is 1. The third kappa shape index (κ3) is 6.21. The van der Waals surface area contributed by atoms with Crippen molar-refractivity contribution in [2.24, 2.45) is 13.0 Å². The van der Waals surface area contributed by atoms with Crippen LogP contribution in [0.15, 0.2) is 40.3 Å². The molecule has 0 aliphatic carbocycles. The Bertz CT molecular complexity index is 1510. The summed E-state index contributed by atoms with van der Waals surface area (Å²) in [5, 5.41) is 19.0. The quantitative estimate of drug-likeness (QED) is 0.356. The molecule has 0 saturated carbocycles. The van der Waals surface area contributed by atoms with Gasteiger partial charge in [0.2, 0.25) is 0 Å². The van der Waals surface area contributed by atoms with Crippen molar-refractivity contribution in [1.82, 2.24) is 23.9 Å². The molecule has 0 saturated heterocycles. The van der Waals surface area contributed by atoms with Gasteiger partial charge in [-0.05, 0) is 32.9 Å². The zero-order valence-corrected chi connectivity index (χ0v) is 24.6. The van der Waals surface area contributed by atoms with E-state index in [0.29, 0.717) is 17.1 Å². The summed E-state index contributed by atoms with van der Waals surface area (Å²) in [5.41, 5.74) is 1.26. The minimum Gasteiger partial charge on any atom is -0.486 e. The van der Waals surface area contributed by atoms with Crippen molar-refractivity contribution in [3.63, 3.8) is 0 Å². The number of aliphatic hydroxyl groups excluding tert-OH is 1. The maximum absolute atomic E-state index is 13.7. The predicted molar refractivity (Wildman–Crippen MR) is 149 cm³/mol. The molecule has 3 heterocycles. The lowest BCUT2D eigenvalue weighted by Gasteiger charge is -2.38. The normalized spacial score (nSPS) is 18.3. The SMILES string of the molecule is Cc1noc(C)c1NC(=O)Nc1cccc2c1O[C@@H](CN(C)S(=O)(=O)c1cn(C)cn1)[C@@H](C)CN([C@H](C)CO)C2=O. The summed E-state index contributed by atoms with van der Waals surface area (Å²) in [6.07, 6.45) is 2.07. The van der Waals surface area contributed by atoms with E-state index >= 15 is 0 Å². The Balaban J connectivity index is 1.70.